The van der Waals surface area contributed by atoms with Crippen molar-refractivity contribution < 1.29 is 9.59 Å². The van der Waals surface area contributed by atoms with Crippen LogP contribution >= 0.6 is 0 Å². The molecule has 2 aromatic rings. The molecule has 0 aliphatic carbocycles. The van der Waals surface area contributed by atoms with E-state index in [0.717, 1.165) is 69.9 Å². The van der Waals surface area contributed by atoms with Crippen LogP contribution in [0.25, 0.3) is 0 Å². The van der Waals surface area contributed by atoms with Gasteiger partial charge in [-0.3, -0.25) is 9.59 Å². The van der Waals surface area contributed by atoms with Crippen molar-refractivity contribution in [3.63, 3.8) is 0 Å². The van der Waals surface area contributed by atoms with Gasteiger partial charge in [0, 0.05) is 24.2 Å². The average Bonchev–Trinajstić information content (AvgIpc) is 3.18. The van der Waals surface area contributed by atoms with Gasteiger partial charge < -0.3 is 20.4 Å². The van der Waals surface area contributed by atoms with Crippen LogP contribution in [0, 0.1) is 0 Å². The van der Waals surface area contributed by atoms with Crippen LogP contribution in [0.3, 0.4) is 0 Å². The Balaban J connectivity index is 1.72. The lowest BCUT2D eigenvalue weighted by Gasteiger charge is -2.22. The van der Waals surface area contributed by atoms with E-state index in [9.17, 15) is 9.59 Å². The lowest BCUT2D eigenvalue weighted by atomic mass is 10.0. The van der Waals surface area contributed by atoms with Crippen molar-refractivity contribution in [1.29, 1.82) is 0 Å². The van der Waals surface area contributed by atoms with Crippen molar-refractivity contribution in [2.45, 2.75) is 188 Å². The molecule has 6 nitrogen and oxygen atoms in total. The van der Waals surface area contributed by atoms with Gasteiger partial charge in [0.15, 0.2) is 0 Å². The minimum absolute atomic E-state index is 0.101. The molecule has 0 aromatic heterocycles. The number of carbonyl (C=O) groups excluding carboxylic acids is 2. The third kappa shape index (κ3) is 26.0. The van der Waals surface area contributed by atoms with E-state index in [0.29, 0.717) is 12.8 Å². The van der Waals surface area contributed by atoms with E-state index < -0.39 is 0 Å². The van der Waals surface area contributed by atoms with Crippen LogP contribution in [-0.2, 0) is 16.0 Å². The SMILES string of the molecule is CCCCCCCN(CCCCCCC)CCCC(=O)Nc1ccc(Cc2ccc(NC(=O)CCCN(CCCCCCC)CCCCCCC)cc2)cc1. The van der Waals surface area contributed by atoms with E-state index in [1.807, 2.05) is 24.3 Å². The number of nitrogens with one attached hydrogen (secondary N) is 2. The third-order valence-corrected chi connectivity index (χ3v) is 11.0. The highest BCUT2D eigenvalue weighted by molar-refractivity contribution is 5.91. The van der Waals surface area contributed by atoms with Crippen molar-refractivity contribution in [2.24, 2.45) is 0 Å². The number of hydrogen-bond acceptors (Lipinski definition) is 4. The van der Waals surface area contributed by atoms with Crippen molar-refractivity contribution in [2.75, 3.05) is 49.9 Å². The van der Waals surface area contributed by atoms with Gasteiger partial charge in [-0.25, -0.2) is 0 Å². The second-order valence-electron chi connectivity index (χ2n) is 16.2. The second-order valence-corrected chi connectivity index (χ2v) is 16.2. The fourth-order valence-corrected chi connectivity index (χ4v) is 7.45. The first-order chi connectivity index (χ1) is 27.0. The molecule has 55 heavy (non-hydrogen) atoms. The molecular weight excluding hydrogens is 677 g/mol. The van der Waals surface area contributed by atoms with E-state index in [4.69, 9.17) is 0 Å². The first-order valence-corrected chi connectivity index (χ1v) is 23.2. The Kier molecular flexibility index (Phi) is 29.5. The molecule has 0 bridgehead atoms. The maximum atomic E-state index is 12.8. The molecule has 0 spiro atoms. The number of amides is 2. The summed E-state index contributed by atoms with van der Waals surface area (Å²) in [6.45, 7) is 15.7. The third-order valence-electron chi connectivity index (χ3n) is 11.0. The summed E-state index contributed by atoms with van der Waals surface area (Å²) >= 11 is 0. The van der Waals surface area contributed by atoms with Crippen LogP contribution in [-0.4, -0.2) is 60.9 Å². The van der Waals surface area contributed by atoms with Gasteiger partial charge in [-0.2, -0.15) is 0 Å². The summed E-state index contributed by atoms with van der Waals surface area (Å²) in [6.07, 6.45) is 29.9. The molecular formula is C49H84N4O2. The molecule has 312 valence electrons. The first-order valence-electron chi connectivity index (χ1n) is 23.2. The van der Waals surface area contributed by atoms with Gasteiger partial charge in [-0.05, 0) is 120 Å². The highest BCUT2D eigenvalue weighted by Gasteiger charge is 2.10. The van der Waals surface area contributed by atoms with Crippen molar-refractivity contribution in [1.82, 2.24) is 9.80 Å². The molecule has 0 saturated heterocycles. The highest BCUT2D eigenvalue weighted by atomic mass is 16.2. The number of anilines is 2. The fourth-order valence-electron chi connectivity index (χ4n) is 7.45. The van der Waals surface area contributed by atoms with Crippen molar-refractivity contribution in [3.05, 3.63) is 59.7 Å². The standard InChI is InChI=1S/C49H84N4O2/c1-5-9-13-17-21-37-52(38-22-18-14-10-6-2)41-25-27-48(54)50-46-33-29-44(30-34-46)43-45-31-35-47(36-32-45)51-49(55)28-26-42-53(39-23-19-15-11-7-3)40-24-20-16-12-8-4/h29-36H,5-28,37-43H2,1-4H3,(H,50,54)(H,51,55). The number of carbonyl (C=O) groups is 2. The molecule has 0 saturated carbocycles. The van der Waals surface area contributed by atoms with Gasteiger partial charge >= 0.3 is 0 Å². The molecule has 2 aromatic carbocycles. The lowest BCUT2D eigenvalue weighted by Crippen LogP contribution is -2.28. The van der Waals surface area contributed by atoms with Gasteiger partial charge in [-0.15, -0.1) is 0 Å². The normalized spacial score (nSPS) is 11.5. The Morgan fingerprint density at radius 1 is 0.382 bits per heavy atom. The summed E-state index contributed by atoms with van der Waals surface area (Å²) in [4.78, 5) is 30.8. The minimum atomic E-state index is 0.101. The molecule has 0 atom stereocenters. The van der Waals surface area contributed by atoms with Gasteiger partial charge in [-0.1, -0.05) is 155 Å². The van der Waals surface area contributed by atoms with Crippen LogP contribution in [0.4, 0.5) is 11.4 Å². The van der Waals surface area contributed by atoms with Gasteiger partial charge in [0.2, 0.25) is 11.8 Å². The van der Waals surface area contributed by atoms with Crippen LogP contribution in [0.1, 0.15) is 193 Å². The summed E-state index contributed by atoms with van der Waals surface area (Å²) < 4.78 is 0. The Bertz CT molecular complexity index is 1080. The van der Waals surface area contributed by atoms with Gasteiger partial charge in [0.05, 0.1) is 0 Å². The van der Waals surface area contributed by atoms with E-state index in [1.54, 1.807) is 0 Å². The van der Waals surface area contributed by atoms with Crippen LogP contribution in [0.2, 0.25) is 0 Å². The van der Waals surface area contributed by atoms with E-state index in [1.165, 1.54) is 140 Å². The van der Waals surface area contributed by atoms with Crippen LogP contribution in [0.5, 0.6) is 0 Å². The lowest BCUT2D eigenvalue weighted by molar-refractivity contribution is -0.117. The molecule has 0 aliphatic rings. The molecule has 6 heteroatoms. The maximum Gasteiger partial charge on any atom is 0.224 e. The van der Waals surface area contributed by atoms with E-state index in [2.05, 4.69) is 72.4 Å². The predicted molar refractivity (Wildman–Crippen MR) is 239 cm³/mol. The van der Waals surface area contributed by atoms with E-state index >= 15 is 0 Å². The molecule has 0 radical (unpaired) electrons. The number of hydrogen-bond donors (Lipinski definition) is 2. The predicted octanol–water partition coefficient (Wildman–Crippen LogP) is 13.2. The molecule has 0 aliphatic heterocycles. The zero-order valence-corrected chi connectivity index (χ0v) is 36.3. The number of nitrogens with zero attached hydrogens (tertiary/aromatic N) is 2. The first kappa shape index (κ1) is 48.4. The Morgan fingerprint density at radius 3 is 0.945 bits per heavy atom. The zero-order valence-electron chi connectivity index (χ0n) is 36.3. The highest BCUT2D eigenvalue weighted by Crippen LogP contribution is 2.18. The Hall–Kier alpha value is -2.70. The van der Waals surface area contributed by atoms with Crippen molar-refractivity contribution in [3.8, 4) is 0 Å². The summed E-state index contributed by atoms with van der Waals surface area (Å²) in [5.41, 5.74) is 4.11. The largest absolute Gasteiger partial charge is 0.326 e. The summed E-state index contributed by atoms with van der Waals surface area (Å²) in [5.74, 6) is 0.202. The monoisotopic (exact) mass is 761 g/mol. The zero-order chi connectivity index (χ0) is 39.6. The fraction of sp³-hybridized carbons (Fsp3) is 0.714. The average molecular weight is 761 g/mol. The topological polar surface area (TPSA) is 64.7 Å². The van der Waals surface area contributed by atoms with Crippen LogP contribution < -0.4 is 10.6 Å². The van der Waals surface area contributed by atoms with Crippen molar-refractivity contribution >= 4 is 23.2 Å². The van der Waals surface area contributed by atoms with Gasteiger partial charge in [0.1, 0.15) is 0 Å². The molecule has 2 N–H and O–H groups in total. The smallest absolute Gasteiger partial charge is 0.224 e. The van der Waals surface area contributed by atoms with Gasteiger partial charge in [0.25, 0.3) is 0 Å². The quantitative estimate of drug-likeness (QED) is 0.0679. The molecule has 0 heterocycles. The molecule has 2 rings (SSSR count). The Labute approximate surface area is 339 Å². The number of benzene rings is 2. The molecule has 0 unspecified atom stereocenters. The molecule has 2 amide bonds. The maximum absolute atomic E-state index is 12.8. The van der Waals surface area contributed by atoms with E-state index in [-0.39, 0.29) is 11.8 Å². The summed E-state index contributed by atoms with van der Waals surface area (Å²) in [7, 11) is 0. The summed E-state index contributed by atoms with van der Waals surface area (Å²) in [5, 5.41) is 6.23. The minimum Gasteiger partial charge on any atom is -0.326 e. The second kappa shape index (κ2) is 33.4. The Morgan fingerprint density at radius 2 is 0.655 bits per heavy atom. The summed E-state index contributed by atoms with van der Waals surface area (Å²) in [6, 6.07) is 16.5. The number of rotatable bonds is 36. The van der Waals surface area contributed by atoms with Crippen LogP contribution in [0.15, 0.2) is 48.5 Å². The molecule has 0 fully saturated rings. The number of unbranched alkanes of at least 4 members (excludes halogenated alkanes) is 16.